The first kappa shape index (κ1) is 18.4. The van der Waals surface area contributed by atoms with Gasteiger partial charge < -0.3 is 10.0 Å². The largest absolute Gasteiger partial charge is 0.393 e. The minimum Gasteiger partial charge on any atom is -0.393 e. The van der Waals surface area contributed by atoms with Crippen molar-refractivity contribution in [2.75, 3.05) is 13.6 Å². The molecule has 0 spiro atoms. The molecule has 24 heavy (non-hydrogen) atoms. The maximum Gasteiger partial charge on any atom is 0.275 e. The van der Waals surface area contributed by atoms with Gasteiger partial charge in [0.2, 0.25) is 0 Å². The first-order chi connectivity index (χ1) is 11.2. The highest BCUT2D eigenvalue weighted by Crippen LogP contribution is 2.30. The molecule has 0 aliphatic heterocycles. The van der Waals surface area contributed by atoms with E-state index in [2.05, 4.69) is 0 Å². The van der Waals surface area contributed by atoms with E-state index in [9.17, 15) is 20.0 Å². The number of aryl methyl sites for hydroxylation is 2. The van der Waals surface area contributed by atoms with Crippen molar-refractivity contribution in [1.82, 2.24) is 4.90 Å². The van der Waals surface area contributed by atoms with Crippen LogP contribution in [0, 0.1) is 36.8 Å². The zero-order valence-electron chi connectivity index (χ0n) is 14.8. The van der Waals surface area contributed by atoms with Crippen molar-refractivity contribution in [3.05, 3.63) is 38.4 Å². The summed E-state index contributed by atoms with van der Waals surface area (Å²) in [5, 5.41) is 21.4. The third kappa shape index (κ3) is 3.59. The fourth-order valence-electron chi connectivity index (χ4n) is 3.81. The Labute approximate surface area is 142 Å². The van der Waals surface area contributed by atoms with E-state index in [0.717, 1.165) is 31.2 Å². The summed E-state index contributed by atoms with van der Waals surface area (Å²) in [6.45, 7) is 5.60. The summed E-state index contributed by atoms with van der Waals surface area (Å²) in [5.41, 5.74) is 2.14. The molecule has 2 atom stereocenters. The van der Waals surface area contributed by atoms with Crippen LogP contribution in [-0.2, 0) is 0 Å². The summed E-state index contributed by atoms with van der Waals surface area (Å²) in [6.07, 6.45) is 3.41. The highest BCUT2D eigenvalue weighted by Gasteiger charge is 2.29. The molecule has 1 saturated carbocycles. The molecule has 1 amide bonds. The van der Waals surface area contributed by atoms with Crippen LogP contribution in [0.15, 0.2) is 6.07 Å². The molecule has 1 aliphatic carbocycles. The minimum atomic E-state index is -0.425. The van der Waals surface area contributed by atoms with Crippen LogP contribution in [0.25, 0.3) is 0 Å². The first-order valence-electron chi connectivity index (χ1n) is 8.42. The number of hydrogen-bond donors (Lipinski definition) is 1. The normalized spacial score (nSPS) is 20.7. The number of aliphatic hydroxyl groups excluding tert-OH is 1. The van der Waals surface area contributed by atoms with Gasteiger partial charge in [-0.15, -0.1) is 0 Å². The highest BCUT2D eigenvalue weighted by atomic mass is 16.6. The van der Waals surface area contributed by atoms with Crippen LogP contribution >= 0.6 is 0 Å². The van der Waals surface area contributed by atoms with Gasteiger partial charge in [0.05, 0.1) is 16.6 Å². The Bertz CT molecular complexity index is 657. The van der Waals surface area contributed by atoms with E-state index in [-0.39, 0.29) is 23.6 Å². The molecule has 132 valence electrons. The van der Waals surface area contributed by atoms with Crippen LogP contribution in [0.3, 0.4) is 0 Å². The average molecular weight is 334 g/mol. The van der Waals surface area contributed by atoms with E-state index in [1.54, 1.807) is 38.8 Å². The van der Waals surface area contributed by atoms with E-state index in [4.69, 9.17) is 0 Å². The van der Waals surface area contributed by atoms with Gasteiger partial charge >= 0.3 is 0 Å². The number of carbonyl (C=O) groups excluding carboxylic acids is 1. The zero-order chi connectivity index (χ0) is 18.0. The molecule has 1 aromatic rings. The number of aliphatic hydroxyl groups is 1. The van der Waals surface area contributed by atoms with E-state index >= 15 is 0 Å². The molecule has 1 N–H and O–H groups in total. The van der Waals surface area contributed by atoms with Gasteiger partial charge in [0.1, 0.15) is 0 Å². The Kier molecular flexibility index (Phi) is 5.59. The van der Waals surface area contributed by atoms with E-state index in [1.165, 1.54) is 0 Å². The Morgan fingerprint density at radius 2 is 1.92 bits per heavy atom. The van der Waals surface area contributed by atoms with E-state index < -0.39 is 4.92 Å². The molecule has 6 nitrogen and oxygen atoms in total. The SMILES string of the molecule is Cc1cc(C)c([N+](=O)[O-])c(C)c1C(=O)N(C)CC1CCCCC1O. The lowest BCUT2D eigenvalue weighted by Gasteiger charge is -2.31. The maximum atomic E-state index is 12.9. The Hall–Kier alpha value is -1.95. The van der Waals surface area contributed by atoms with Gasteiger partial charge in [0.25, 0.3) is 11.6 Å². The van der Waals surface area contributed by atoms with Crippen LogP contribution in [0.5, 0.6) is 0 Å². The minimum absolute atomic E-state index is 0.00931. The van der Waals surface area contributed by atoms with Crippen molar-refractivity contribution in [3.8, 4) is 0 Å². The zero-order valence-corrected chi connectivity index (χ0v) is 14.8. The summed E-state index contributed by atoms with van der Waals surface area (Å²) in [7, 11) is 1.70. The first-order valence-corrected chi connectivity index (χ1v) is 8.42. The Morgan fingerprint density at radius 1 is 1.29 bits per heavy atom. The van der Waals surface area contributed by atoms with Crippen molar-refractivity contribution in [3.63, 3.8) is 0 Å². The standard InChI is InChI=1S/C18H26N2O4/c1-11-9-12(2)17(20(23)24)13(3)16(11)18(22)19(4)10-14-7-5-6-8-15(14)21/h9,14-15,21H,5-8,10H2,1-4H3. The number of nitro groups is 1. The van der Waals surface area contributed by atoms with Crippen molar-refractivity contribution < 1.29 is 14.8 Å². The van der Waals surface area contributed by atoms with Gasteiger partial charge in [-0.3, -0.25) is 14.9 Å². The van der Waals surface area contributed by atoms with Gasteiger partial charge in [-0.05, 0) is 45.2 Å². The molecular formula is C18H26N2O4. The topological polar surface area (TPSA) is 83.7 Å². The van der Waals surface area contributed by atoms with Crippen LogP contribution in [0.4, 0.5) is 5.69 Å². The number of hydrogen-bond acceptors (Lipinski definition) is 4. The predicted molar refractivity (Wildman–Crippen MR) is 92.2 cm³/mol. The molecule has 6 heteroatoms. The maximum absolute atomic E-state index is 12.9. The number of nitrogens with zero attached hydrogens (tertiary/aromatic N) is 2. The molecule has 0 radical (unpaired) electrons. The number of amides is 1. The van der Waals surface area contributed by atoms with Crippen molar-refractivity contribution in [2.24, 2.45) is 5.92 Å². The summed E-state index contributed by atoms with van der Waals surface area (Å²) in [5.74, 6) is -0.139. The molecule has 0 aromatic heterocycles. The number of nitro benzene ring substituents is 1. The quantitative estimate of drug-likeness (QED) is 0.677. The third-order valence-electron chi connectivity index (χ3n) is 5.05. The lowest BCUT2D eigenvalue weighted by molar-refractivity contribution is -0.386. The summed E-state index contributed by atoms with van der Waals surface area (Å²) in [4.78, 5) is 25.3. The Balaban J connectivity index is 2.28. The second kappa shape index (κ2) is 7.30. The molecule has 0 heterocycles. The van der Waals surface area contributed by atoms with Gasteiger partial charge in [-0.1, -0.05) is 12.8 Å². The summed E-state index contributed by atoms with van der Waals surface area (Å²) >= 11 is 0. The van der Waals surface area contributed by atoms with Gasteiger partial charge in [-0.2, -0.15) is 0 Å². The Morgan fingerprint density at radius 3 is 2.50 bits per heavy atom. The number of rotatable bonds is 4. The third-order valence-corrected chi connectivity index (χ3v) is 5.05. The smallest absolute Gasteiger partial charge is 0.275 e. The van der Waals surface area contributed by atoms with Crippen LogP contribution < -0.4 is 0 Å². The second-order valence-corrected chi connectivity index (χ2v) is 6.91. The van der Waals surface area contributed by atoms with E-state index in [0.29, 0.717) is 23.2 Å². The van der Waals surface area contributed by atoms with Crippen molar-refractivity contribution in [2.45, 2.75) is 52.6 Å². The fourth-order valence-corrected chi connectivity index (χ4v) is 3.81. The lowest BCUT2D eigenvalue weighted by atomic mass is 9.86. The monoisotopic (exact) mass is 334 g/mol. The molecule has 1 fully saturated rings. The summed E-state index contributed by atoms with van der Waals surface area (Å²) < 4.78 is 0. The van der Waals surface area contributed by atoms with Gasteiger partial charge in [0.15, 0.2) is 0 Å². The lowest BCUT2D eigenvalue weighted by Crippen LogP contribution is -2.38. The second-order valence-electron chi connectivity index (χ2n) is 6.91. The fraction of sp³-hybridized carbons (Fsp3) is 0.611. The molecule has 0 bridgehead atoms. The molecule has 1 aromatic carbocycles. The van der Waals surface area contributed by atoms with Crippen molar-refractivity contribution >= 4 is 11.6 Å². The summed E-state index contributed by atoms with van der Waals surface area (Å²) in [6, 6.07) is 1.70. The number of carbonyl (C=O) groups is 1. The van der Waals surface area contributed by atoms with Crippen LogP contribution in [0.1, 0.15) is 52.7 Å². The van der Waals surface area contributed by atoms with Crippen molar-refractivity contribution in [1.29, 1.82) is 0 Å². The highest BCUT2D eigenvalue weighted by molar-refractivity contribution is 5.98. The molecule has 2 rings (SSSR count). The molecule has 0 saturated heterocycles. The van der Waals surface area contributed by atoms with Crippen LogP contribution in [0.2, 0.25) is 0 Å². The number of benzene rings is 1. The van der Waals surface area contributed by atoms with E-state index in [1.807, 2.05) is 0 Å². The molecule has 1 aliphatic rings. The van der Waals surface area contributed by atoms with Gasteiger partial charge in [0, 0.05) is 30.6 Å². The predicted octanol–water partition coefficient (Wildman–Crippen LogP) is 3.14. The average Bonchev–Trinajstić information content (AvgIpc) is 2.48. The van der Waals surface area contributed by atoms with Gasteiger partial charge in [-0.25, -0.2) is 0 Å². The molecule has 2 unspecified atom stereocenters. The van der Waals surface area contributed by atoms with Crippen LogP contribution in [-0.4, -0.2) is 40.5 Å². The molecular weight excluding hydrogens is 308 g/mol.